The third-order valence-corrected chi connectivity index (χ3v) is 6.24. The monoisotopic (exact) mass is 385 g/mol. The summed E-state index contributed by atoms with van der Waals surface area (Å²) in [6, 6.07) is 8.17. The molecule has 2 N–H and O–H groups in total. The van der Waals surface area contributed by atoms with Gasteiger partial charge >= 0.3 is 6.03 Å². The largest absolute Gasteiger partial charge is 0.334 e. The number of nitrogens with zero attached hydrogens (tertiary/aromatic N) is 3. The van der Waals surface area contributed by atoms with E-state index in [2.05, 4.69) is 43.9 Å². The molecule has 27 heavy (non-hydrogen) atoms. The number of benzene rings is 1. The quantitative estimate of drug-likeness (QED) is 0.785. The first-order chi connectivity index (χ1) is 13.3. The predicted molar refractivity (Wildman–Crippen MR) is 108 cm³/mol. The molecule has 6 nitrogen and oxygen atoms in total. The lowest BCUT2D eigenvalue weighted by Crippen LogP contribution is -2.29. The smallest absolute Gasteiger partial charge is 0.321 e. The minimum Gasteiger partial charge on any atom is -0.334 e. The third-order valence-electron chi connectivity index (χ3n) is 5.24. The molecular formula is C20H27N5OS. The Hall–Kier alpha value is -1.99. The Kier molecular flexibility index (Phi) is 5.99. The van der Waals surface area contributed by atoms with Crippen molar-refractivity contribution in [3.05, 3.63) is 40.4 Å². The normalized spacial score (nSPS) is 18.1. The van der Waals surface area contributed by atoms with Gasteiger partial charge in [-0.15, -0.1) is 10.2 Å². The van der Waals surface area contributed by atoms with E-state index in [0.717, 1.165) is 11.6 Å². The number of hydrogen-bond acceptors (Lipinski definition) is 5. The Morgan fingerprint density at radius 3 is 2.56 bits per heavy atom. The van der Waals surface area contributed by atoms with Crippen molar-refractivity contribution in [1.82, 2.24) is 20.4 Å². The Balaban J connectivity index is 1.31. The summed E-state index contributed by atoms with van der Waals surface area (Å²) < 4.78 is 0. The third kappa shape index (κ3) is 5.26. The maximum atomic E-state index is 12.2. The van der Waals surface area contributed by atoms with Crippen molar-refractivity contribution in [2.24, 2.45) is 0 Å². The molecule has 1 aliphatic carbocycles. The SMILES string of the molecule is O=C(NCc1ccccc1CN1CCCCCC1)Nc1nnc(C2CC2)s1. The van der Waals surface area contributed by atoms with E-state index < -0.39 is 0 Å². The molecule has 2 aliphatic rings. The standard InChI is InChI=1S/C20H27N5OS/c26-19(22-20-24-23-18(27-20)15-9-10-15)21-13-16-7-3-4-8-17(16)14-25-11-5-1-2-6-12-25/h3-4,7-8,15H,1-2,5-6,9-14H2,(H2,21,22,24,26). The maximum absolute atomic E-state index is 12.2. The summed E-state index contributed by atoms with van der Waals surface area (Å²) in [5.41, 5.74) is 2.47. The van der Waals surface area contributed by atoms with Crippen LogP contribution < -0.4 is 10.6 Å². The number of hydrogen-bond donors (Lipinski definition) is 2. The fourth-order valence-electron chi connectivity index (χ4n) is 3.52. The van der Waals surface area contributed by atoms with Gasteiger partial charge in [0.05, 0.1) is 0 Å². The van der Waals surface area contributed by atoms with E-state index in [4.69, 9.17) is 0 Å². The molecule has 1 aromatic heterocycles. The highest BCUT2D eigenvalue weighted by atomic mass is 32.1. The van der Waals surface area contributed by atoms with Crippen LogP contribution in [0.15, 0.2) is 24.3 Å². The lowest BCUT2D eigenvalue weighted by Gasteiger charge is -2.21. The molecule has 0 spiro atoms. The average molecular weight is 386 g/mol. The van der Waals surface area contributed by atoms with Crippen LogP contribution in [0.2, 0.25) is 0 Å². The summed E-state index contributed by atoms with van der Waals surface area (Å²) in [6.45, 7) is 3.82. The molecule has 2 aromatic rings. The molecule has 4 rings (SSSR count). The number of amides is 2. The molecule has 2 amide bonds. The van der Waals surface area contributed by atoms with E-state index >= 15 is 0 Å². The van der Waals surface area contributed by atoms with Gasteiger partial charge in [0.25, 0.3) is 0 Å². The number of carbonyl (C=O) groups excluding carboxylic acids is 1. The van der Waals surface area contributed by atoms with Crippen LogP contribution in [-0.2, 0) is 13.1 Å². The van der Waals surface area contributed by atoms with Gasteiger partial charge in [0, 0.05) is 19.0 Å². The zero-order chi connectivity index (χ0) is 18.5. The second-order valence-corrected chi connectivity index (χ2v) is 8.50. The number of nitrogens with one attached hydrogen (secondary N) is 2. The van der Waals surface area contributed by atoms with Crippen LogP contribution in [0.25, 0.3) is 0 Å². The minimum absolute atomic E-state index is 0.224. The van der Waals surface area contributed by atoms with Crippen molar-refractivity contribution in [1.29, 1.82) is 0 Å². The summed E-state index contributed by atoms with van der Waals surface area (Å²) in [4.78, 5) is 14.8. The van der Waals surface area contributed by atoms with E-state index in [0.29, 0.717) is 17.6 Å². The van der Waals surface area contributed by atoms with Crippen molar-refractivity contribution in [3.63, 3.8) is 0 Å². The van der Waals surface area contributed by atoms with Gasteiger partial charge in [0.15, 0.2) is 0 Å². The number of anilines is 1. The van der Waals surface area contributed by atoms with Crippen LogP contribution in [0.1, 0.15) is 60.6 Å². The molecule has 2 heterocycles. The molecule has 0 unspecified atom stereocenters. The average Bonchev–Trinajstić information content (AvgIpc) is 3.47. The fourth-order valence-corrected chi connectivity index (χ4v) is 4.42. The van der Waals surface area contributed by atoms with Crippen LogP contribution in [0, 0.1) is 0 Å². The van der Waals surface area contributed by atoms with Gasteiger partial charge in [-0.3, -0.25) is 10.2 Å². The molecular weight excluding hydrogens is 358 g/mol. The number of likely N-dealkylation sites (tertiary alicyclic amines) is 1. The highest BCUT2D eigenvalue weighted by Gasteiger charge is 2.27. The van der Waals surface area contributed by atoms with E-state index in [1.165, 1.54) is 74.1 Å². The minimum atomic E-state index is -0.224. The lowest BCUT2D eigenvalue weighted by molar-refractivity contribution is 0.251. The van der Waals surface area contributed by atoms with E-state index in [1.54, 1.807) is 0 Å². The predicted octanol–water partition coefficient (Wildman–Crippen LogP) is 4.11. The van der Waals surface area contributed by atoms with E-state index in [-0.39, 0.29) is 6.03 Å². The first-order valence-electron chi connectivity index (χ1n) is 9.95. The summed E-state index contributed by atoms with van der Waals surface area (Å²) in [7, 11) is 0. The molecule has 1 aliphatic heterocycles. The molecule has 1 saturated heterocycles. The number of rotatable bonds is 6. The molecule has 0 atom stereocenters. The van der Waals surface area contributed by atoms with Gasteiger partial charge in [-0.05, 0) is 49.9 Å². The van der Waals surface area contributed by atoms with E-state index in [1.807, 2.05) is 6.07 Å². The van der Waals surface area contributed by atoms with Crippen molar-refractivity contribution in [2.45, 2.75) is 57.5 Å². The Labute approximate surface area is 164 Å². The molecule has 7 heteroatoms. The van der Waals surface area contributed by atoms with Crippen molar-refractivity contribution in [2.75, 3.05) is 18.4 Å². The molecule has 144 valence electrons. The Morgan fingerprint density at radius 1 is 1.07 bits per heavy atom. The number of urea groups is 1. The zero-order valence-corrected chi connectivity index (χ0v) is 16.4. The molecule has 1 aromatic carbocycles. The zero-order valence-electron chi connectivity index (χ0n) is 15.6. The number of aromatic nitrogens is 2. The Morgan fingerprint density at radius 2 is 1.81 bits per heavy atom. The Bertz CT molecular complexity index is 765. The summed E-state index contributed by atoms with van der Waals surface area (Å²) >= 11 is 1.48. The van der Waals surface area contributed by atoms with Crippen molar-refractivity contribution < 1.29 is 4.79 Å². The highest BCUT2D eigenvalue weighted by molar-refractivity contribution is 7.15. The van der Waals surface area contributed by atoms with Crippen LogP contribution >= 0.6 is 11.3 Å². The van der Waals surface area contributed by atoms with Gasteiger partial charge in [-0.25, -0.2) is 4.79 Å². The second-order valence-electron chi connectivity index (χ2n) is 7.49. The lowest BCUT2D eigenvalue weighted by atomic mass is 10.1. The van der Waals surface area contributed by atoms with Crippen LogP contribution in [-0.4, -0.2) is 34.2 Å². The van der Waals surface area contributed by atoms with Gasteiger partial charge in [-0.1, -0.05) is 48.4 Å². The van der Waals surface area contributed by atoms with Crippen LogP contribution in [0.4, 0.5) is 9.93 Å². The van der Waals surface area contributed by atoms with Gasteiger partial charge in [0.1, 0.15) is 5.01 Å². The van der Waals surface area contributed by atoms with E-state index in [9.17, 15) is 4.79 Å². The summed E-state index contributed by atoms with van der Waals surface area (Å²) in [5, 5.41) is 15.6. The van der Waals surface area contributed by atoms with Crippen LogP contribution in [0.3, 0.4) is 0 Å². The van der Waals surface area contributed by atoms with Crippen molar-refractivity contribution >= 4 is 22.5 Å². The summed E-state index contributed by atoms with van der Waals surface area (Å²) in [5.74, 6) is 0.562. The second kappa shape index (κ2) is 8.80. The first-order valence-corrected chi connectivity index (χ1v) is 10.8. The first kappa shape index (κ1) is 18.4. The fraction of sp³-hybridized carbons (Fsp3) is 0.550. The van der Waals surface area contributed by atoms with Gasteiger partial charge in [-0.2, -0.15) is 0 Å². The molecule has 1 saturated carbocycles. The van der Waals surface area contributed by atoms with Crippen LogP contribution in [0.5, 0.6) is 0 Å². The van der Waals surface area contributed by atoms with Gasteiger partial charge in [0.2, 0.25) is 5.13 Å². The number of carbonyl (C=O) groups is 1. The molecule has 2 fully saturated rings. The molecule has 0 bridgehead atoms. The topological polar surface area (TPSA) is 70.2 Å². The highest BCUT2D eigenvalue weighted by Crippen LogP contribution is 2.42. The van der Waals surface area contributed by atoms with Gasteiger partial charge < -0.3 is 5.32 Å². The molecule has 0 radical (unpaired) electrons. The maximum Gasteiger partial charge on any atom is 0.321 e. The van der Waals surface area contributed by atoms with Crippen molar-refractivity contribution in [3.8, 4) is 0 Å². The summed E-state index contributed by atoms with van der Waals surface area (Å²) in [6.07, 6.45) is 7.63.